The fourth-order valence-electron chi connectivity index (χ4n) is 2.11. The van der Waals surface area contributed by atoms with Crippen LogP contribution in [-0.4, -0.2) is 23.8 Å². The molecular weight excluding hydrogens is 242 g/mol. The van der Waals surface area contributed by atoms with E-state index < -0.39 is 0 Å². The van der Waals surface area contributed by atoms with Crippen LogP contribution in [0.15, 0.2) is 24.5 Å². The number of aromatic nitrogens is 2. The molecule has 0 radical (unpaired) electrons. The van der Waals surface area contributed by atoms with Crippen molar-refractivity contribution in [2.45, 2.75) is 20.0 Å². The molecule has 1 heterocycles. The Labute approximate surface area is 113 Å². The van der Waals surface area contributed by atoms with Crippen LogP contribution in [0, 0.1) is 0 Å². The van der Waals surface area contributed by atoms with E-state index in [1.807, 2.05) is 18.3 Å². The second kappa shape index (κ2) is 5.75. The molecule has 0 amide bonds. The SMILES string of the molecule is CCn1ccnc1-c1cc(OC)c(OC)cc1CN. The van der Waals surface area contributed by atoms with Gasteiger partial charge in [-0.25, -0.2) is 4.98 Å². The summed E-state index contributed by atoms with van der Waals surface area (Å²) in [5.74, 6) is 2.26. The van der Waals surface area contributed by atoms with Gasteiger partial charge in [0.05, 0.1) is 14.2 Å². The first-order chi connectivity index (χ1) is 9.24. The van der Waals surface area contributed by atoms with Gasteiger partial charge >= 0.3 is 0 Å². The van der Waals surface area contributed by atoms with Crippen molar-refractivity contribution >= 4 is 0 Å². The topological polar surface area (TPSA) is 62.3 Å². The van der Waals surface area contributed by atoms with Crippen LogP contribution in [0.4, 0.5) is 0 Å². The van der Waals surface area contributed by atoms with Gasteiger partial charge in [0.25, 0.3) is 0 Å². The maximum absolute atomic E-state index is 5.83. The van der Waals surface area contributed by atoms with Gasteiger partial charge in [0, 0.05) is 31.0 Å². The van der Waals surface area contributed by atoms with Gasteiger partial charge in [-0.3, -0.25) is 0 Å². The quantitative estimate of drug-likeness (QED) is 0.894. The fourth-order valence-corrected chi connectivity index (χ4v) is 2.11. The lowest BCUT2D eigenvalue weighted by Crippen LogP contribution is -2.05. The summed E-state index contributed by atoms with van der Waals surface area (Å²) in [7, 11) is 3.24. The molecule has 2 N–H and O–H groups in total. The van der Waals surface area contributed by atoms with Crippen molar-refractivity contribution in [2.75, 3.05) is 14.2 Å². The van der Waals surface area contributed by atoms with Gasteiger partial charge < -0.3 is 19.8 Å². The van der Waals surface area contributed by atoms with Crippen molar-refractivity contribution in [1.29, 1.82) is 0 Å². The van der Waals surface area contributed by atoms with Gasteiger partial charge in [-0.15, -0.1) is 0 Å². The lowest BCUT2D eigenvalue weighted by molar-refractivity contribution is 0.354. The summed E-state index contributed by atoms with van der Waals surface area (Å²) < 4.78 is 12.7. The van der Waals surface area contributed by atoms with E-state index >= 15 is 0 Å². The lowest BCUT2D eigenvalue weighted by Gasteiger charge is -2.14. The molecule has 0 saturated carbocycles. The molecule has 1 aromatic carbocycles. The van der Waals surface area contributed by atoms with E-state index in [-0.39, 0.29) is 0 Å². The normalized spacial score (nSPS) is 10.5. The molecule has 102 valence electrons. The zero-order chi connectivity index (χ0) is 13.8. The Kier molecular flexibility index (Phi) is 4.06. The Morgan fingerprint density at radius 2 is 1.89 bits per heavy atom. The number of benzene rings is 1. The molecule has 0 fully saturated rings. The minimum absolute atomic E-state index is 0.423. The van der Waals surface area contributed by atoms with Crippen LogP contribution in [0.5, 0.6) is 11.5 Å². The average Bonchev–Trinajstić information content (AvgIpc) is 2.93. The first-order valence-corrected chi connectivity index (χ1v) is 6.21. The molecule has 0 bridgehead atoms. The molecular formula is C14H19N3O2. The smallest absolute Gasteiger partial charge is 0.161 e. The summed E-state index contributed by atoms with van der Waals surface area (Å²) in [4.78, 5) is 4.41. The average molecular weight is 261 g/mol. The van der Waals surface area contributed by atoms with E-state index in [0.717, 1.165) is 23.5 Å². The third-order valence-corrected chi connectivity index (χ3v) is 3.13. The van der Waals surface area contributed by atoms with E-state index in [0.29, 0.717) is 18.0 Å². The number of aryl methyl sites for hydroxylation is 1. The van der Waals surface area contributed by atoms with Gasteiger partial charge in [0.2, 0.25) is 0 Å². The monoisotopic (exact) mass is 261 g/mol. The second-order valence-electron chi connectivity index (χ2n) is 4.11. The molecule has 0 saturated heterocycles. The minimum Gasteiger partial charge on any atom is -0.493 e. The number of imidazole rings is 1. The molecule has 1 aromatic heterocycles. The Bertz CT molecular complexity index is 564. The number of rotatable bonds is 5. The second-order valence-corrected chi connectivity index (χ2v) is 4.11. The summed E-state index contributed by atoms with van der Waals surface area (Å²) in [5.41, 5.74) is 7.79. The van der Waals surface area contributed by atoms with Crippen molar-refractivity contribution in [2.24, 2.45) is 5.73 Å². The van der Waals surface area contributed by atoms with Crippen LogP contribution in [0.2, 0.25) is 0 Å². The summed E-state index contributed by atoms with van der Waals surface area (Å²) >= 11 is 0. The molecule has 0 spiro atoms. The zero-order valence-corrected chi connectivity index (χ0v) is 11.5. The van der Waals surface area contributed by atoms with Crippen molar-refractivity contribution in [3.63, 3.8) is 0 Å². The number of ether oxygens (including phenoxy) is 2. The van der Waals surface area contributed by atoms with E-state index in [1.165, 1.54) is 0 Å². The Hall–Kier alpha value is -2.01. The van der Waals surface area contributed by atoms with Crippen LogP contribution in [0.1, 0.15) is 12.5 Å². The lowest BCUT2D eigenvalue weighted by atomic mass is 10.1. The molecule has 2 aromatic rings. The number of nitrogens with two attached hydrogens (primary N) is 1. The highest BCUT2D eigenvalue weighted by molar-refractivity contribution is 5.66. The number of hydrogen-bond donors (Lipinski definition) is 1. The molecule has 2 rings (SSSR count). The van der Waals surface area contributed by atoms with Gasteiger partial charge in [-0.1, -0.05) is 0 Å². The van der Waals surface area contributed by atoms with Gasteiger partial charge in [0.1, 0.15) is 5.82 Å². The first-order valence-electron chi connectivity index (χ1n) is 6.21. The molecule has 0 aliphatic rings. The summed E-state index contributed by atoms with van der Waals surface area (Å²) in [6.45, 7) is 3.36. The van der Waals surface area contributed by atoms with Crippen LogP contribution >= 0.6 is 0 Å². The van der Waals surface area contributed by atoms with Crippen molar-refractivity contribution < 1.29 is 9.47 Å². The number of nitrogens with zero attached hydrogens (tertiary/aromatic N) is 2. The maximum Gasteiger partial charge on any atom is 0.161 e. The minimum atomic E-state index is 0.423. The predicted octanol–water partition coefficient (Wildman–Crippen LogP) is 2.05. The number of hydrogen-bond acceptors (Lipinski definition) is 4. The van der Waals surface area contributed by atoms with E-state index in [1.54, 1.807) is 20.4 Å². The molecule has 0 aliphatic carbocycles. The van der Waals surface area contributed by atoms with Crippen molar-refractivity contribution in [1.82, 2.24) is 9.55 Å². The largest absolute Gasteiger partial charge is 0.493 e. The van der Waals surface area contributed by atoms with Crippen LogP contribution < -0.4 is 15.2 Å². The van der Waals surface area contributed by atoms with E-state index in [2.05, 4.69) is 16.5 Å². The van der Waals surface area contributed by atoms with Gasteiger partial charge in [0.15, 0.2) is 11.5 Å². The summed E-state index contributed by atoms with van der Waals surface area (Å²) in [5, 5.41) is 0. The van der Waals surface area contributed by atoms with Crippen LogP contribution in [0.3, 0.4) is 0 Å². The molecule has 0 atom stereocenters. The standard InChI is InChI=1S/C14H19N3O2/c1-4-17-6-5-16-14(17)11-8-13(19-3)12(18-2)7-10(11)9-15/h5-8H,4,9,15H2,1-3H3. The Morgan fingerprint density at radius 1 is 1.21 bits per heavy atom. The van der Waals surface area contributed by atoms with Crippen molar-refractivity contribution in [3.8, 4) is 22.9 Å². The van der Waals surface area contributed by atoms with Gasteiger partial charge in [-0.2, -0.15) is 0 Å². The summed E-state index contributed by atoms with van der Waals surface area (Å²) in [6.07, 6.45) is 3.74. The molecule has 0 aliphatic heterocycles. The van der Waals surface area contributed by atoms with Crippen LogP contribution in [-0.2, 0) is 13.1 Å². The molecule has 19 heavy (non-hydrogen) atoms. The molecule has 5 nitrogen and oxygen atoms in total. The first kappa shape index (κ1) is 13.4. The van der Waals surface area contributed by atoms with E-state index in [9.17, 15) is 0 Å². The highest BCUT2D eigenvalue weighted by Crippen LogP contribution is 2.35. The zero-order valence-electron chi connectivity index (χ0n) is 11.5. The highest BCUT2D eigenvalue weighted by atomic mass is 16.5. The maximum atomic E-state index is 5.83. The third kappa shape index (κ3) is 2.42. The van der Waals surface area contributed by atoms with Crippen molar-refractivity contribution in [3.05, 3.63) is 30.1 Å². The predicted molar refractivity (Wildman–Crippen MR) is 74.3 cm³/mol. The van der Waals surface area contributed by atoms with Gasteiger partial charge in [-0.05, 0) is 24.6 Å². The van der Waals surface area contributed by atoms with E-state index in [4.69, 9.17) is 15.2 Å². The Balaban J connectivity index is 2.61. The fraction of sp³-hybridized carbons (Fsp3) is 0.357. The Morgan fingerprint density at radius 3 is 2.47 bits per heavy atom. The highest BCUT2D eigenvalue weighted by Gasteiger charge is 2.15. The number of methoxy groups -OCH3 is 2. The van der Waals surface area contributed by atoms with Crippen LogP contribution in [0.25, 0.3) is 11.4 Å². The molecule has 5 heteroatoms. The third-order valence-electron chi connectivity index (χ3n) is 3.13. The summed E-state index contributed by atoms with van der Waals surface area (Å²) in [6, 6.07) is 3.83. The molecule has 0 unspecified atom stereocenters.